The van der Waals surface area contributed by atoms with Crippen LogP contribution in [-0.4, -0.2) is 24.6 Å². The van der Waals surface area contributed by atoms with Crippen molar-refractivity contribution in [2.75, 3.05) is 5.32 Å². The van der Waals surface area contributed by atoms with Gasteiger partial charge in [-0.1, -0.05) is 54.6 Å². The number of aromatic nitrogens is 5. The summed E-state index contributed by atoms with van der Waals surface area (Å²) in [6.45, 7) is 0.484. The molecule has 3 aromatic heterocycles. The second-order valence-electron chi connectivity index (χ2n) is 6.18. The first-order chi connectivity index (χ1) is 13.4. The van der Waals surface area contributed by atoms with Crippen molar-refractivity contribution >= 4 is 22.5 Å². The maximum absolute atomic E-state index is 4.77. The lowest BCUT2D eigenvalue weighted by Gasteiger charge is -2.10. The molecule has 3 heterocycles. The van der Waals surface area contributed by atoms with Crippen LogP contribution in [0.15, 0.2) is 79.0 Å². The van der Waals surface area contributed by atoms with Crippen molar-refractivity contribution in [1.82, 2.24) is 24.6 Å². The van der Waals surface area contributed by atoms with Crippen LogP contribution in [0.4, 0.5) is 5.95 Å². The Balaban J connectivity index is 1.54. The maximum Gasteiger partial charge on any atom is 0.224 e. The minimum absolute atomic E-state index is 0.484. The number of pyridine rings is 1. The van der Waals surface area contributed by atoms with Crippen molar-refractivity contribution in [2.45, 2.75) is 6.54 Å². The van der Waals surface area contributed by atoms with Crippen LogP contribution in [-0.2, 0) is 6.54 Å². The second-order valence-corrected chi connectivity index (χ2v) is 6.18. The van der Waals surface area contributed by atoms with E-state index in [1.165, 1.54) is 0 Å². The summed E-state index contributed by atoms with van der Waals surface area (Å²) in [7, 11) is 0. The number of anilines is 1. The minimum Gasteiger partial charge on any atom is -0.347 e. The van der Waals surface area contributed by atoms with E-state index in [1.54, 1.807) is 0 Å². The highest BCUT2D eigenvalue weighted by Crippen LogP contribution is 2.27. The number of nitrogens with one attached hydrogen (secondary N) is 1. The molecule has 0 aliphatic carbocycles. The van der Waals surface area contributed by atoms with Crippen LogP contribution in [0.2, 0.25) is 0 Å². The van der Waals surface area contributed by atoms with Gasteiger partial charge in [0.15, 0.2) is 11.5 Å². The Morgan fingerprint density at radius 3 is 2.52 bits per heavy atom. The fraction of sp³-hybridized carbons (Fsp3) is 0.0476. The van der Waals surface area contributed by atoms with Gasteiger partial charge in [0.05, 0.1) is 17.8 Å². The molecule has 0 spiro atoms. The van der Waals surface area contributed by atoms with Crippen molar-refractivity contribution in [3.63, 3.8) is 0 Å². The van der Waals surface area contributed by atoms with Gasteiger partial charge in [0.1, 0.15) is 0 Å². The van der Waals surface area contributed by atoms with E-state index in [0.717, 1.165) is 33.6 Å². The van der Waals surface area contributed by atoms with Crippen LogP contribution < -0.4 is 5.32 Å². The van der Waals surface area contributed by atoms with Crippen LogP contribution in [0.25, 0.3) is 27.8 Å². The van der Waals surface area contributed by atoms with Gasteiger partial charge in [-0.15, -0.1) is 10.2 Å². The van der Waals surface area contributed by atoms with Gasteiger partial charge in [-0.05, 0) is 18.2 Å². The lowest BCUT2D eigenvalue weighted by molar-refractivity contribution is 0.905. The number of nitrogens with zero attached hydrogens (tertiary/aromatic N) is 5. The standard InChI is InChI=1S/C21H16N6/c1-2-8-15(9-3-1)20-16-10-4-5-11-17(16)23-21(24-20)22-14-19-26-25-18-12-6-7-13-27(18)19/h1-13H,14H2,(H,22,23,24). The molecule has 0 bridgehead atoms. The molecule has 0 aliphatic rings. The molecular formula is C21H16N6. The Bertz CT molecular complexity index is 1230. The molecule has 1 N–H and O–H groups in total. The monoisotopic (exact) mass is 352 g/mol. The molecule has 0 saturated heterocycles. The highest BCUT2D eigenvalue weighted by atomic mass is 15.3. The summed E-state index contributed by atoms with van der Waals surface area (Å²) in [5.41, 5.74) is 3.69. The Morgan fingerprint density at radius 2 is 1.59 bits per heavy atom. The Labute approximate surface area is 155 Å². The summed E-state index contributed by atoms with van der Waals surface area (Å²) in [5, 5.41) is 12.8. The second kappa shape index (κ2) is 6.49. The average molecular weight is 352 g/mol. The number of fused-ring (bicyclic) bond motifs is 2. The molecule has 0 atom stereocenters. The Hall–Kier alpha value is -3.80. The molecule has 0 amide bonds. The summed E-state index contributed by atoms with van der Waals surface area (Å²) >= 11 is 0. The SMILES string of the molecule is c1ccc(-c2nc(NCc3nnc4ccccn34)nc3ccccc23)cc1. The lowest BCUT2D eigenvalue weighted by atomic mass is 10.1. The topological polar surface area (TPSA) is 68.0 Å². The first kappa shape index (κ1) is 15.5. The number of hydrogen-bond acceptors (Lipinski definition) is 5. The zero-order valence-electron chi connectivity index (χ0n) is 14.4. The molecule has 130 valence electrons. The van der Waals surface area contributed by atoms with E-state index in [1.807, 2.05) is 71.3 Å². The van der Waals surface area contributed by atoms with Crippen LogP contribution >= 0.6 is 0 Å². The number of para-hydroxylation sites is 1. The molecule has 2 aromatic carbocycles. The van der Waals surface area contributed by atoms with E-state index < -0.39 is 0 Å². The van der Waals surface area contributed by atoms with Crippen molar-refractivity contribution in [3.05, 3.63) is 84.8 Å². The molecule has 6 nitrogen and oxygen atoms in total. The number of hydrogen-bond donors (Lipinski definition) is 1. The number of benzene rings is 2. The molecule has 0 saturated carbocycles. The van der Waals surface area contributed by atoms with Crippen molar-refractivity contribution < 1.29 is 0 Å². The third-order valence-corrected chi connectivity index (χ3v) is 4.44. The third kappa shape index (κ3) is 2.87. The van der Waals surface area contributed by atoms with E-state index in [9.17, 15) is 0 Å². The summed E-state index contributed by atoms with van der Waals surface area (Å²) in [4.78, 5) is 9.43. The molecule has 0 fully saturated rings. The summed E-state index contributed by atoms with van der Waals surface area (Å²) in [5.74, 6) is 1.38. The van der Waals surface area contributed by atoms with Gasteiger partial charge in [0.25, 0.3) is 0 Å². The molecule has 0 aliphatic heterocycles. The smallest absolute Gasteiger partial charge is 0.224 e. The van der Waals surface area contributed by atoms with Crippen molar-refractivity contribution in [3.8, 4) is 11.3 Å². The molecular weight excluding hydrogens is 336 g/mol. The van der Waals surface area contributed by atoms with Crippen LogP contribution in [0, 0.1) is 0 Å². The Morgan fingerprint density at radius 1 is 0.778 bits per heavy atom. The van der Waals surface area contributed by atoms with Gasteiger partial charge in [-0.3, -0.25) is 4.40 Å². The average Bonchev–Trinajstić information content (AvgIpc) is 3.15. The van der Waals surface area contributed by atoms with Gasteiger partial charge in [0.2, 0.25) is 5.95 Å². The molecule has 5 rings (SSSR count). The molecule has 27 heavy (non-hydrogen) atoms. The van der Waals surface area contributed by atoms with Crippen LogP contribution in [0.5, 0.6) is 0 Å². The van der Waals surface area contributed by atoms with Gasteiger partial charge >= 0.3 is 0 Å². The maximum atomic E-state index is 4.77. The predicted octanol–water partition coefficient (Wildman–Crippen LogP) is 3.95. The molecule has 0 unspecified atom stereocenters. The van der Waals surface area contributed by atoms with Gasteiger partial charge in [-0.25, -0.2) is 9.97 Å². The summed E-state index contributed by atoms with van der Waals surface area (Å²) in [6.07, 6.45) is 1.95. The summed E-state index contributed by atoms with van der Waals surface area (Å²) in [6, 6.07) is 24.0. The van der Waals surface area contributed by atoms with E-state index >= 15 is 0 Å². The van der Waals surface area contributed by atoms with Gasteiger partial charge in [-0.2, -0.15) is 0 Å². The van der Waals surface area contributed by atoms with E-state index in [-0.39, 0.29) is 0 Å². The number of rotatable bonds is 4. The van der Waals surface area contributed by atoms with Crippen LogP contribution in [0.3, 0.4) is 0 Å². The largest absolute Gasteiger partial charge is 0.347 e. The first-order valence-electron chi connectivity index (χ1n) is 8.73. The molecule has 6 heteroatoms. The zero-order chi connectivity index (χ0) is 18.1. The molecule has 0 radical (unpaired) electrons. The molecule has 5 aromatic rings. The minimum atomic E-state index is 0.484. The normalized spacial score (nSPS) is 11.1. The van der Waals surface area contributed by atoms with Gasteiger partial charge in [0, 0.05) is 17.1 Å². The van der Waals surface area contributed by atoms with E-state index in [2.05, 4.69) is 32.6 Å². The first-order valence-corrected chi connectivity index (χ1v) is 8.73. The fourth-order valence-electron chi connectivity index (χ4n) is 3.14. The van der Waals surface area contributed by atoms with Crippen LogP contribution in [0.1, 0.15) is 5.82 Å². The highest BCUT2D eigenvalue weighted by Gasteiger charge is 2.10. The summed E-state index contributed by atoms with van der Waals surface area (Å²) < 4.78 is 1.95. The van der Waals surface area contributed by atoms with Gasteiger partial charge < -0.3 is 5.32 Å². The van der Waals surface area contributed by atoms with Crippen molar-refractivity contribution in [1.29, 1.82) is 0 Å². The lowest BCUT2D eigenvalue weighted by Crippen LogP contribution is -2.07. The zero-order valence-corrected chi connectivity index (χ0v) is 14.4. The predicted molar refractivity (Wildman–Crippen MR) is 105 cm³/mol. The third-order valence-electron chi connectivity index (χ3n) is 4.44. The highest BCUT2D eigenvalue weighted by molar-refractivity contribution is 5.93. The fourth-order valence-corrected chi connectivity index (χ4v) is 3.14. The Kier molecular flexibility index (Phi) is 3.72. The van der Waals surface area contributed by atoms with E-state index in [0.29, 0.717) is 12.5 Å². The quantitative estimate of drug-likeness (QED) is 0.530. The van der Waals surface area contributed by atoms with E-state index in [4.69, 9.17) is 4.98 Å². The van der Waals surface area contributed by atoms with Crippen molar-refractivity contribution in [2.24, 2.45) is 0 Å².